The lowest BCUT2D eigenvalue weighted by atomic mass is 9.90. The second-order valence-electron chi connectivity index (χ2n) is 9.61. The SMILES string of the molecule is Cc1cc(C)c(CC(N)C(=O)NC2CC(C)Nc3ccc(Cc4ccccc4)cc32)c(C)c1. The van der Waals surface area contributed by atoms with E-state index in [2.05, 4.69) is 92.9 Å². The van der Waals surface area contributed by atoms with Gasteiger partial charge in [0, 0.05) is 11.7 Å². The molecule has 1 heterocycles. The van der Waals surface area contributed by atoms with E-state index in [0.29, 0.717) is 6.42 Å². The fourth-order valence-electron chi connectivity index (χ4n) is 5.04. The summed E-state index contributed by atoms with van der Waals surface area (Å²) in [5.74, 6) is -0.0899. The van der Waals surface area contributed by atoms with E-state index in [9.17, 15) is 4.79 Å². The van der Waals surface area contributed by atoms with Crippen molar-refractivity contribution in [3.63, 3.8) is 0 Å². The van der Waals surface area contributed by atoms with Gasteiger partial charge in [0.1, 0.15) is 0 Å². The van der Waals surface area contributed by atoms with E-state index >= 15 is 0 Å². The van der Waals surface area contributed by atoms with Crippen molar-refractivity contribution in [1.82, 2.24) is 5.32 Å². The van der Waals surface area contributed by atoms with Crippen molar-refractivity contribution < 1.29 is 4.79 Å². The fourth-order valence-corrected chi connectivity index (χ4v) is 5.04. The summed E-state index contributed by atoms with van der Waals surface area (Å²) >= 11 is 0. The predicted molar refractivity (Wildman–Crippen MR) is 137 cm³/mol. The van der Waals surface area contributed by atoms with Crippen molar-refractivity contribution in [3.05, 3.63) is 99.6 Å². The van der Waals surface area contributed by atoms with Crippen molar-refractivity contribution in [3.8, 4) is 0 Å². The molecule has 1 aliphatic heterocycles. The Hall–Kier alpha value is -3.11. The molecule has 0 aliphatic carbocycles. The first-order chi connectivity index (χ1) is 15.8. The zero-order valence-corrected chi connectivity index (χ0v) is 20.1. The summed E-state index contributed by atoms with van der Waals surface area (Å²) in [6.45, 7) is 8.44. The lowest BCUT2D eigenvalue weighted by molar-refractivity contribution is -0.123. The monoisotopic (exact) mass is 441 g/mol. The maximum Gasteiger partial charge on any atom is 0.237 e. The van der Waals surface area contributed by atoms with Crippen LogP contribution in [0.1, 0.15) is 58.3 Å². The highest BCUT2D eigenvalue weighted by molar-refractivity contribution is 5.82. The molecule has 4 heteroatoms. The molecule has 4 nitrogen and oxygen atoms in total. The number of nitrogens with two attached hydrogens (primary N) is 1. The van der Waals surface area contributed by atoms with E-state index in [-0.39, 0.29) is 18.0 Å². The summed E-state index contributed by atoms with van der Waals surface area (Å²) in [6, 6.07) is 21.0. The van der Waals surface area contributed by atoms with Gasteiger partial charge in [-0.05, 0) is 86.4 Å². The summed E-state index contributed by atoms with van der Waals surface area (Å²) in [5.41, 5.74) is 16.0. The molecule has 0 bridgehead atoms. The average molecular weight is 442 g/mol. The van der Waals surface area contributed by atoms with Crippen LogP contribution in [0.2, 0.25) is 0 Å². The molecule has 33 heavy (non-hydrogen) atoms. The van der Waals surface area contributed by atoms with Crippen LogP contribution >= 0.6 is 0 Å². The topological polar surface area (TPSA) is 67.2 Å². The normalized spacial score (nSPS) is 18.2. The molecule has 4 rings (SSSR count). The summed E-state index contributed by atoms with van der Waals surface area (Å²) in [4.78, 5) is 13.1. The zero-order chi connectivity index (χ0) is 23.5. The first-order valence-electron chi connectivity index (χ1n) is 11.9. The molecule has 1 aliphatic rings. The molecule has 1 amide bonds. The van der Waals surface area contributed by atoms with Gasteiger partial charge in [0.05, 0.1) is 12.1 Å². The van der Waals surface area contributed by atoms with Gasteiger partial charge in [-0.2, -0.15) is 0 Å². The molecule has 0 aromatic heterocycles. The van der Waals surface area contributed by atoms with Gasteiger partial charge in [-0.1, -0.05) is 60.2 Å². The van der Waals surface area contributed by atoms with E-state index in [1.54, 1.807) is 0 Å². The Morgan fingerprint density at radius 3 is 2.42 bits per heavy atom. The van der Waals surface area contributed by atoms with Gasteiger partial charge in [0.25, 0.3) is 0 Å². The van der Waals surface area contributed by atoms with Crippen LogP contribution in [-0.4, -0.2) is 18.0 Å². The van der Waals surface area contributed by atoms with Crippen molar-refractivity contribution >= 4 is 11.6 Å². The minimum atomic E-state index is -0.578. The average Bonchev–Trinajstić information content (AvgIpc) is 2.77. The Bertz CT molecular complexity index is 1120. The number of aryl methyl sites for hydroxylation is 3. The van der Waals surface area contributed by atoms with Gasteiger partial charge in [0.2, 0.25) is 5.91 Å². The molecule has 3 unspecified atom stereocenters. The van der Waals surface area contributed by atoms with Gasteiger partial charge in [-0.15, -0.1) is 0 Å². The molecule has 172 valence electrons. The minimum Gasteiger partial charge on any atom is -0.382 e. The Morgan fingerprint density at radius 2 is 1.73 bits per heavy atom. The van der Waals surface area contributed by atoms with Gasteiger partial charge in [-0.25, -0.2) is 0 Å². The van der Waals surface area contributed by atoms with Crippen molar-refractivity contribution in [1.29, 1.82) is 0 Å². The Balaban J connectivity index is 1.51. The molecule has 0 radical (unpaired) electrons. The first kappa shape index (κ1) is 23.1. The highest BCUT2D eigenvalue weighted by atomic mass is 16.2. The molecule has 0 fully saturated rings. The lowest BCUT2D eigenvalue weighted by Crippen LogP contribution is -2.45. The second-order valence-corrected chi connectivity index (χ2v) is 9.61. The van der Waals surface area contributed by atoms with Crippen LogP contribution in [0.15, 0.2) is 60.7 Å². The van der Waals surface area contributed by atoms with E-state index in [1.165, 1.54) is 33.4 Å². The molecule has 3 atom stereocenters. The Kier molecular flexibility index (Phi) is 6.85. The lowest BCUT2D eigenvalue weighted by Gasteiger charge is -2.33. The molecule has 3 aromatic rings. The quantitative estimate of drug-likeness (QED) is 0.496. The van der Waals surface area contributed by atoms with Crippen LogP contribution in [0.4, 0.5) is 5.69 Å². The van der Waals surface area contributed by atoms with Gasteiger partial charge < -0.3 is 16.4 Å². The molecule has 4 N–H and O–H groups in total. The van der Waals surface area contributed by atoms with Crippen LogP contribution in [0.5, 0.6) is 0 Å². The molecular formula is C29H35N3O. The molecule has 3 aromatic carbocycles. The van der Waals surface area contributed by atoms with E-state index in [4.69, 9.17) is 5.73 Å². The highest BCUT2D eigenvalue weighted by Crippen LogP contribution is 2.34. The highest BCUT2D eigenvalue weighted by Gasteiger charge is 2.28. The van der Waals surface area contributed by atoms with Crippen LogP contribution in [0.25, 0.3) is 0 Å². The first-order valence-corrected chi connectivity index (χ1v) is 11.9. The summed E-state index contributed by atoms with van der Waals surface area (Å²) < 4.78 is 0. The summed E-state index contributed by atoms with van der Waals surface area (Å²) in [7, 11) is 0. The molecule has 0 spiro atoms. The van der Waals surface area contributed by atoms with E-state index < -0.39 is 6.04 Å². The van der Waals surface area contributed by atoms with Crippen LogP contribution in [0.3, 0.4) is 0 Å². The minimum absolute atomic E-state index is 0.0502. The predicted octanol–water partition coefficient (Wildman–Crippen LogP) is 5.13. The van der Waals surface area contributed by atoms with E-state index in [1.807, 2.05) is 6.07 Å². The third kappa shape index (κ3) is 5.45. The van der Waals surface area contributed by atoms with Crippen LogP contribution < -0.4 is 16.4 Å². The number of hydrogen-bond donors (Lipinski definition) is 3. The molecular weight excluding hydrogens is 406 g/mol. The fraction of sp³-hybridized carbons (Fsp3) is 0.345. The maximum atomic E-state index is 13.1. The zero-order valence-electron chi connectivity index (χ0n) is 20.1. The Morgan fingerprint density at radius 1 is 1.03 bits per heavy atom. The van der Waals surface area contributed by atoms with Crippen molar-refractivity contribution in [2.45, 2.75) is 65.1 Å². The maximum absolute atomic E-state index is 13.1. The second kappa shape index (κ2) is 9.80. The number of anilines is 1. The standard InChI is InChI=1S/C29H35N3O/c1-18-12-19(2)24(20(3)13-18)17-26(30)29(33)32-28-14-21(4)31-27-11-10-23(16-25(27)28)15-22-8-6-5-7-9-22/h5-13,16,21,26,28,31H,14-15,17,30H2,1-4H3,(H,32,33). The number of carbonyl (C=O) groups is 1. The smallest absolute Gasteiger partial charge is 0.237 e. The summed E-state index contributed by atoms with van der Waals surface area (Å²) in [5, 5.41) is 6.82. The number of benzene rings is 3. The van der Waals surface area contributed by atoms with Gasteiger partial charge in [-0.3, -0.25) is 4.79 Å². The third-order valence-electron chi connectivity index (χ3n) is 6.65. The number of hydrogen-bond acceptors (Lipinski definition) is 3. The van der Waals surface area contributed by atoms with E-state index in [0.717, 1.165) is 24.1 Å². The number of fused-ring (bicyclic) bond motifs is 1. The summed E-state index contributed by atoms with van der Waals surface area (Å²) in [6.07, 6.45) is 2.25. The van der Waals surface area contributed by atoms with Crippen LogP contribution in [-0.2, 0) is 17.6 Å². The van der Waals surface area contributed by atoms with Gasteiger partial charge in [0.15, 0.2) is 0 Å². The molecule has 0 saturated heterocycles. The molecule has 0 saturated carbocycles. The van der Waals surface area contributed by atoms with Crippen molar-refractivity contribution in [2.24, 2.45) is 5.73 Å². The largest absolute Gasteiger partial charge is 0.382 e. The number of nitrogens with one attached hydrogen (secondary N) is 2. The van der Waals surface area contributed by atoms with Crippen molar-refractivity contribution in [2.75, 3.05) is 5.32 Å². The number of carbonyl (C=O) groups excluding carboxylic acids is 1. The Labute approximate surface area is 197 Å². The third-order valence-corrected chi connectivity index (χ3v) is 6.65. The number of rotatable bonds is 6. The van der Waals surface area contributed by atoms with Crippen LogP contribution in [0, 0.1) is 20.8 Å². The number of amides is 1. The van der Waals surface area contributed by atoms with Gasteiger partial charge >= 0.3 is 0 Å².